The van der Waals surface area contributed by atoms with E-state index in [2.05, 4.69) is 27.4 Å². The quantitative estimate of drug-likeness (QED) is 0.209. The van der Waals surface area contributed by atoms with Gasteiger partial charge in [0, 0.05) is 42.8 Å². The monoisotopic (exact) mass is 649 g/mol. The molecule has 0 radical (unpaired) electrons. The lowest BCUT2D eigenvalue weighted by molar-refractivity contribution is -0.154. The first-order valence-electron chi connectivity index (χ1n) is 14.5. The lowest BCUT2D eigenvalue weighted by Crippen LogP contribution is -2.59. The molecule has 41 heavy (non-hydrogen) atoms. The molecule has 11 heteroatoms. The van der Waals surface area contributed by atoms with Crippen molar-refractivity contribution in [3.8, 4) is 0 Å². The molecule has 0 aliphatic carbocycles. The molecule has 7 atom stereocenters. The van der Waals surface area contributed by atoms with Crippen LogP contribution in [-0.4, -0.2) is 124 Å². The molecule has 4 fully saturated rings. The van der Waals surface area contributed by atoms with Gasteiger partial charge in [0.05, 0.1) is 49.1 Å². The zero-order chi connectivity index (χ0) is 29.1. The number of alkyl halides is 1. The van der Waals surface area contributed by atoms with Gasteiger partial charge in [0.1, 0.15) is 6.04 Å². The second-order valence-electron chi connectivity index (χ2n) is 11.2. The number of halogens is 1. The van der Waals surface area contributed by atoms with Gasteiger partial charge < -0.3 is 24.4 Å². The largest absolute Gasteiger partial charge is 0.466 e. The summed E-state index contributed by atoms with van der Waals surface area (Å²) in [5, 5.41) is 10.5. The number of aliphatic hydroxyl groups is 1. The average molecular weight is 651 g/mol. The number of hydrogen-bond acceptors (Lipinski definition) is 8. The van der Waals surface area contributed by atoms with Crippen LogP contribution in [-0.2, 0) is 30.3 Å². The normalized spacial score (nSPS) is 31.6. The van der Waals surface area contributed by atoms with Crippen LogP contribution in [0.1, 0.15) is 18.9 Å². The minimum absolute atomic E-state index is 0.0379. The van der Waals surface area contributed by atoms with Crippen molar-refractivity contribution in [2.45, 2.75) is 46.7 Å². The number of ether oxygens (including phenoxy) is 2. The number of fused-ring (bicyclic) bond motifs is 1. The summed E-state index contributed by atoms with van der Waals surface area (Å²) in [5.41, 5.74) is 0.965. The van der Waals surface area contributed by atoms with Crippen LogP contribution >= 0.6 is 27.7 Å². The maximum absolute atomic E-state index is 14.7. The molecule has 0 saturated carbocycles. The highest BCUT2D eigenvalue weighted by Crippen LogP contribution is 2.68. The molecule has 0 aromatic heterocycles. The van der Waals surface area contributed by atoms with Gasteiger partial charge in [-0.15, -0.1) is 18.3 Å². The third-order valence-electron chi connectivity index (χ3n) is 8.89. The molecule has 4 aliphatic heterocycles. The zero-order valence-electron chi connectivity index (χ0n) is 23.5. The summed E-state index contributed by atoms with van der Waals surface area (Å²) in [5.74, 6) is -2.12. The van der Waals surface area contributed by atoms with E-state index in [1.54, 1.807) is 34.6 Å². The number of carbonyl (C=O) groups excluding carboxylic acids is 3. The van der Waals surface area contributed by atoms with Crippen molar-refractivity contribution in [3.63, 3.8) is 0 Å². The Morgan fingerprint density at radius 1 is 1.32 bits per heavy atom. The molecular weight excluding hydrogens is 610 g/mol. The smallest absolute Gasteiger partial charge is 0.310 e. The Labute approximate surface area is 254 Å². The molecule has 4 aliphatic rings. The molecular formula is C30H40BrN3O6S. The highest BCUT2D eigenvalue weighted by atomic mass is 79.9. The van der Waals surface area contributed by atoms with Crippen molar-refractivity contribution in [1.82, 2.24) is 14.7 Å². The van der Waals surface area contributed by atoms with Gasteiger partial charge in [-0.25, -0.2) is 0 Å². The fourth-order valence-corrected chi connectivity index (χ4v) is 10.7. The number of likely N-dealkylation sites (tertiary alicyclic amines) is 1. The third kappa shape index (κ3) is 5.72. The summed E-state index contributed by atoms with van der Waals surface area (Å²) in [6.45, 7) is 10.1. The van der Waals surface area contributed by atoms with Crippen molar-refractivity contribution in [2.24, 2.45) is 11.8 Å². The van der Waals surface area contributed by atoms with Crippen LogP contribution in [0, 0.1) is 11.8 Å². The van der Waals surface area contributed by atoms with E-state index >= 15 is 0 Å². The molecule has 3 unspecified atom stereocenters. The van der Waals surface area contributed by atoms with Gasteiger partial charge in [0.15, 0.2) is 0 Å². The van der Waals surface area contributed by atoms with Crippen molar-refractivity contribution in [3.05, 3.63) is 48.6 Å². The molecule has 9 nitrogen and oxygen atoms in total. The number of aliphatic hydroxyl groups excluding tert-OH is 1. The van der Waals surface area contributed by atoms with Gasteiger partial charge in [-0.1, -0.05) is 52.3 Å². The van der Waals surface area contributed by atoms with Crippen molar-refractivity contribution >= 4 is 45.5 Å². The Morgan fingerprint density at radius 2 is 2.05 bits per heavy atom. The van der Waals surface area contributed by atoms with E-state index in [0.29, 0.717) is 45.7 Å². The van der Waals surface area contributed by atoms with Gasteiger partial charge >= 0.3 is 5.97 Å². The summed E-state index contributed by atoms with van der Waals surface area (Å²) in [6, 6.07) is 8.26. The van der Waals surface area contributed by atoms with E-state index in [-0.39, 0.29) is 41.1 Å². The number of carbonyl (C=O) groups is 3. The standard InChI is InChI=1S/C30H40BrN3O6S/c1-3-10-33(12-11-32-13-15-39-16-14-32)28(37)26-30-18-22(31)25(41-30)23(29(38)40-4-2)24(30)27(36)34(26)21(19-35)17-20-8-6-5-7-9-20/h3,5-9,21-26,35H,1,4,10-19H2,2H3/t21-,22?,23+,24+,25+,26?,30?/m1/s1. The van der Waals surface area contributed by atoms with Crippen LogP contribution in [0.5, 0.6) is 0 Å². The molecule has 4 heterocycles. The molecule has 1 N–H and O–H groups in total. The first-order valence-corrected chi connectivity index (χ1v) is 16.3. The van der Waals surface area contributed by atoms with E-state index in [4.69, 9.17) is 9.47 Å². The second-order valence-corrected chi connectivity index (χ2v) is 13.9. The van der Waals surface area contributed by atoms with Crippen LogP contribution in [0.25, 0.3) is 0 Å². The van der Waals surface area contributed by atoms with Crippen LogP contribution in [0.4, 0.5) is 0 Å². The van der Waals surface area contributed by atoms with E-state index in [9.17, 15) is 19.5 Å². The summed E-state index contributed by atoms with van der Waals surface area (Å²) >= 11 is 5.38. The Kier molecular flexibility index (Phi) is 9.80. The Hall–Kier alpha value is -1.92. The maximum atomic E-state index is 14.7. The lowest BCUT2D eigenvalue weighted by Gasteiger charge is -2.40. The van der Waals surface area contributed by atoms with E-state index in [1.165, 1.54) is 0 Å². The Morgan fingerprint density at radius 3 is 2.71 bits per heavy atom. The molecule has 5 rings (SSSR count). The topological polar surface area (TPSA) is 99.6 Å². The maximum Gasteiger partial charge on any atom is 0.310 e. The lowest BCUT2D eigenvalue weighted by atomic mass is 9.71. The number of amides is 2. The molecule has 224 valence electrons. The van der Waals surface area contributed by atoms with Gasteiger partial charge in [-0.05, 0) is 25.3 Å². The Balaban J connectivity index is 1.51. The minimum Gasteiger partial charge on any atom is -0.466 e. The van der Waals surface area contributed by atoms with Crippen LogP contribution in [0.2, 0.25) is 0 Å². The highest BCUT2D eigenvalue weighted by Gasteiger charge is 2.76. The summed E-state index contributed by atoms with van der Waals surface area (Å²) in [6.07, 6.45) is 2.70. The van der Waals surface area contributed by atoms with E-state index in [1.807, 2.05) is 30.3 Å². The average Bonchev–Trinajstić information content (AvgIpc) is 3.58. The number of nitrogens with zero attached hydrogens (tertiary/aromatic N) is 3. The first-order chi connectivity index (χ1) is 19.9. The molecule has 1 aromatic carbocycles. The Bertz CT molecular complexity index is 1120. The predicted octanol–water partition coefficient (Wildman–Crippen LogP) is 1.96. The van der Waals surface area contributed by atoms with E-state index in [0.717, 1.165) is 18.7 Å². The minimum atomic E-state index is -0.819. The zero-order valence-corrected chi connectivity index (χ0v) is 25.9. The molecule has 2 bridgehead atoms. The van der Waals surface area contributed by atoms with Gasteiger partial charge in [0.2, 0.25) is 11.8 Å². The molecule has 1 spiro atoms. The van der Waals surface area contributed by atoms with Crippen LogP contribution < -0.4 is 0 Å². The fraction of sp³-hybridized carbons (Fsp3) is 0.633. The first kappa shape index (κ1) is 30.5. The second kappa shape index (κ2) is 13.2. The van der Waals surface area contributed by atoms with E-state index < -0.39 is 28.7 Å². The summed E-state index contributed by atoms with van der Waals surface area (Å²) in [7, 11) is 0. The van der Waals surface area contributed by atoms with Crippen LogP contribution in [0.15, 0.2) is 43.0 Å². The molecule has 2 amide bonds. The summed E-state index contributed by atoms with van der Waals surface area (Å²) in [4.78, 5) is 48.1. The van der Waals surface area contributed by atoms with Crippen LogP contribution in [0.3, 0.4) is 0 Å². The summed E-state index contributed by atoms with van der Waals surface area (Å²) < 4.78 is 10.2. The number of benzene rings is 1. The molecule has 1 aromatic rings. The number of hydrogen-bond donors (Lipinski definition) is 1. The van der Waals surface area contributed by atoms with Crippen molar-refractivity contribution < 1.29 is 29.0 Å². The van der Waals surface area contributed by atoms with Gasteiger partial charge in [-0.3, -0.25) is 19.3 Å². The fourth-order valence-electron chi connectivity index (χ4n) is 7.09. The molecule has 4 saturated heterocycles. The highest BCUT2D eigenvalue weighted by molar-refractivity contribution is 9.09. The number of thioether (sulfide) groups is 1. The van der Waals surface area contributed by atoms with Crippen molar-refractivity contribution in [2.75, 3.05) is 59.2 Å². The third-order valence-corrected chi connectivity index (χ3v) is 12.1. The number of rotatable bonds is 12. The van der Waals surface area contributed by atoms with Gasteiger partial charge in [0.25, 0.3) is 0 Å². The van der Waals surface area contributed by atoms with Gasteiger partial charge in [-0.2, -0.15) is 0 Å². The number of morpholine rings is 1. The predicted molar refractivity (Wildman–Crippen MR) is 161 cm³/mol. The SMILES string of the molecule is C=CCN(CCN1CCOCC1)C(=O)C1N([C@@H](CO)Cc2ccccc2)C(=O)[C@@H]2[C@H](C(=O)OCC)[C@H]3SC12CC3Br. The van der Waals surface area contributed by atoms with Crippen molar-refractivity contribution in [1.29, 1.82) is 0 Å². The number of esters is 1.